The van der Waals surface area contributed by atoms with Crippen LogP contribution in [0.25, 0.3) is 0 Å². The van der Waals surface area contributed by atoms with Gasteiger partial charge in [0.1, 0.15) is 10.9 Å². The summed E-state index contributed by atoms with van der Waals surface area (Å²) in [4.78, 5) is 4.53. The second-order valence-corrected chi connectivity index (χ2v) is 5.10. The minimum Gasteiger partial charge on any atom is -0.379 e. The van der Waals surface area contributed by atoms with E-state index in [4.69, 9.17) is 21.6 Å². The molecular weight excluding hydrogens is 234 g/mol. The van der Waals surface area contributed by atoms with Crippen LogP contribution in [0, 0.1) is 11.3 Å². The quantitative estimate of drug-likeness (QED) is 0.866. The van der Waals surface area contributed by atoms with Crippen LogP contribution >= 0.6 is 22.9 Å². The average Bonchev–Trinajstić information content (AvgIpc) is 2.73. The zero-order valence-corrected chi connectivity index (χ0v) is 9.78. The number of ether oxygens (including phenoxy) is 1. The van der Waals surface area contributed by atoms with E-state index in [-0.39, 0.29) is 10.7 Å². The predicted octanol–water partition coefficient (Wildman–Crippen LogP) is 2.26. The van der Waals surface area contributed by atoms with Gasteiger partial charge < -0.3 is 10.1 Å². The van der Waals surface area contributed by atoms with Crippen molar-refractivity contribution in [3.63, 3.8) is 0 Å². The topological polar surface area (TPSA) is 57.9 Å². The number of aromatic nitrogens is 1. The van der Waals surface area contributed by atoms with Crippen LogP contribution < -0.4 is 5.32 Å². The summed E-state index contributed by atoms with van der Waals surface area (Å²) in [6.07, 6.45) is 0.937. The molecule has 0 radical (unpaired) electrons. The molecular formula is C9H10ClN3OS. The second kappa shape index (κ2) is 3.97. The molecule has 1 fully saturated rings. The van der Waals surface area contributed by atoms with E-state index >= 15 is 0 Å². The Kier molecular flexibility index (Phi) is 2.83. The third-order valence-corrected chi connectivity index (χ3v) is 3.58. The Bertz CT molecular complexity index is 406. The minimum absolute atomic E-state index is 0.0894. The summed E-state index contributed by atoms with van der Waals surface area (Å²) >= 11 is 7.06. The van der Waals surface area contributed by atoms with Crippen molar-refractivity contribution >= 4 is 28.1 Å². The maximum absolute atomic E-state index is 8.74. The lowest BCUT2D eigenvalue weighted by molar-refractivity contribution is 0.185. The van der Waals surface area contributed by atoms with Crippen molar-refractivity contribution in [2.24, 2.45) is 0 Å². The van der Waals surface area contributed by atoms with Crippen LogP contribution in [0.4, 0.5) is 5.13 Å². The molecule has 1 aromatic rings. The van der Waals surface area contributed by atoms with Gasteiger partial charge in [0.15, 0.2) is 10.3 Å². The monoisotopic (exact) mass is 243 g/mol. The Morgan fingerprint density at radius 1 is 1.73 bits per heavy atom. The largest absolute Gasteiger partial charge is 0.379 e. The van der Waals surface area contributed by atoms with Crippen molar-refractivity contribution < 1.29 is 4.74 Å². The van der Waals surface area contributed by atoms with E-state index in [1.807, 2.05) is 6.07 Å². The fourth-order valence-electron chi connectivity index (χ4n) is 1.45. The van der Waals surface area contributed by atoms with Crippen LogP contribution in [0.15, 0.2) is 0 Å². The fourth-order valence-corrected chi connectivity index (χ4v) is 2.54. The average molecular weight is 244 g/mol. The van der Waals surface area contributed by atoms with Gasteiger partial charge in [-0.15, -0.1) is 0 Å². The third kappa shape index (κ3) is 2.23. The molecule has 0 bridgehead atoms. The van der Waals surface area contributed by atoms with Crippen LogP contribution in [0.3, 0.4) is 0 Å². The molecule has 80 valence electrons. The highest BCUT2D eigenvalue weighted by Crippen LogP contribution is 2.30. The molecule has 1 N–H and O–H groups in total. The van der Waals surface area contributed by atoms with E-state index in [0.29, 0.717) is 16.6 Å². The van der Waals surface area contributed by atoms with E-state index in [9.17, 15) is 0 Å². The van der Waals surface area contributed by atoms with Crippen molar-refractivity contribution in [1.82, 2.24) is 4.98 Å². The van der Waals surface area contributed by atoms with Gasteiger partial charge in [-0.25, -0.2) is 4.98 Å². The number of halogens is 1. The molecule has 2 heterocycles. The first-order valence-corrected chi connectivity index (χ1v) is 5.75. The summed E-state index contributed by atoms with van der Waals surface area (Å²) < 4.78 is 5.31. The summed E-state index contributed by atoms with van der Waals surface area (Å²) in [7, 11) is 0. The lowest BCUT2D eigenvalue weighted by Gasteiger charge is -2.22. The normalized spacial score (nSPS) is 25.1. The van der Waals surface area contributed by atoms with Crippen LogP contribution in [-0.4, -0.2) is 23.7 Å². The number of nitrogens with zero attached hydrogens (tertiary/aromatic N) is 2. The summed E-state index contributed by atoms with van der Waals surface area (Å²) in [5.41, 5.74) is -0.0894. The molecule has 0 saturated carbocycles. The van der Waals surface area contributed by atoms with Crippen molar-refractivity contribution in [3.8, 4) is 6.07 Å². The minimum atomic E-state index is -0.0894. The van der Waals surface area contributed by atoms with Crippen LogP contribution in [-0.2, 0) is 4.74 Å². The Morgan fingerprint density at radius 3 is 3.07 bits per heavy atom. The van der Waals surface area contributed by atoms with Gasteiger partial charge in [-0.05, 0) is 13.3 Å². The van der Waals surface area contributed by atoms with Gasteiger partial charge in [-0.2, -0.15) is 5.26 Å². The fraction of sp³-hybridized carbons (Fsp3) is 0.556. The number of nitrogens with one attached hydrogen (secondary N) is 1. The highest BCUT2D eigenvalue weighted by atomic mass is 35.5. The van der Waals surface area contributed by atoms with Crippen molar-refractivity contribution in [3.05, 3.63) is 10.0 Å². The molecule has 0 amide bonds. The second-order valence-electron chi connectivity index (χ2n) is 3.74. The maximum Gasteiger partial charge on any atom is 0.185 e. The van der Waals surface area contributed by atoms with Crippen molar-refractivity contribution in [2.45, 2.75) is 18.9 Å². The van der Waals surface area contributed by atoms with E-state index in [1.54, 1.807) is 0 Å². The molecule has 0 aliphatic carbocycles. The molecule has 15 heavy (non-hydrogen) atoms. The first-order chi connectivity index (χ1) is 7.13. The lowest BCUT2D eigenvalue weighted by atomic mass is 10.0. The van der Waals surface area contributed by atoms with Gasteiger partial charge in [0, 0.05) is 6.61 Å². The summed E-state index contributed by atoms with van der Waals surface area (Å²) in [6.45, 7) is 3.49. The maximum atomic E-state index is 8.74. The zero-order chi connectivity index (χ0) is 10.9. The van der Waals surface area contributed by atoms with Crippen LogP contribution in [0.2, 0.25) is 5.15 Å². The Balaban J connectivity index is 2.14. The number of rotatable bonds is 2. The first-order valence-electron chi connectivity index (χ1n) is 4.55. The van der Waals surface area contributed by atoms with Crippen molar-refractivity contribution in [1.29, 1.82) is 5.26 Å². The molecule has 1 aromatic heterocycles. The third-order valence-electron chi connectivity index (χ3n) is 2.31. The summed E-state index contributed by atoms with van der Waals surface area (Å²) in [5, 5.41) is 13.0. The molecule has 6 heteroatoms. The zero-order valence-electron chi connectivity index (χ0n) is 8.21. The predicted molar refractivity (Wildman–Crippen MR) is 59.3 cm³/mol. The summed E-state index contributed by atoms with van der Waals surface area (Å²) in [6, 6.07) is 2.01. The summed E-state index contributed by atoms with van der Waals surface area (Å²) in [5.74, 6) is 0. The van der Waals surface area contributed by atoms with Crippen molar-refractivity contribution in [2.75, 3.05) is 18.5 Å². The molecule has 4 nitrogen and oxygen atoms in total. The number of hydrogen-bond donors (Lipinski definition) is 1. The van der Waals surface area contributed by atoms with Crippen LogP contribution in [0.5, 0.6) is 0 Å². The molecule has 0 spiro atoms. The van der Waals surface area contributed by atoms with Gasteiger partial charge in [0.05, 0.1) is 12.1 Å². The van der Waals surface area contributed by atoms with Gasteiger partial charge in [0.25, 0.3) is 0 Å². The van der Waals surface area contributed by atoms with E-state index in [1.165, 1.54) is 11.3 Å². The number of anilines is 1. The number of thiazole rings is 1. The standard InChI is InChI=1S/C9H10ClN3OS/c1-9(2-3-14-5-9)13-8-12-7(10)6(4-11)15-8/h2-3,5H2,1H3,(H,12,13). The van der Waals surface area contributed by atoms with Gasteiger partial charge in [-0.1, -0.05) is 22.9 Å². The van der Waals surface area contributed by atoms with Gasteiger partial charge >= 0.3 is 0 Å². The molecule has 1 aliphatic heterocycles. The lowest BCUT2D eigenvalue weighted by Crippen LogP contribution is -2.34. The molecule has 0 aromatic carbocycles. The van der Waals surface area contributed by atoms with E-state index < -0.39 is 0 Å². The van der Waals surface area contributed by atoms with Crippen LogP contribution in [0.1, 0.15) is 18.2 Å². The number of nitriles is 1. The molecule has 2 rings (SSSR count). The van der Waals surface area contributed by atoms with Gasteiger partial charge in [0.2, 0.25) is 0 Å². The highest BCUT2D eigenvalue weighted by Gasteiger charge is 2.30. The molecule has 1 aliphatic rings. The SMILES string of the molecule is CC1(Nc2nc(Cl)c(C#N)s2)CCOC1. The number of hydrogen-bond acceptors (Lipinski definition) is 5. The van der Waals surface area contributed by atoms with E-state index in [0.717, 1.165) is 13.0 Å². The molecule has 1 saturated heterocycles. The van der Waals surface area contributed by atoms with Gasteiger partial charge in [-0.3, -0.25) is 0 Å². The molecule has 1 unspecified atom stereocenters. The first kappa shape index (κ1) is 10.7. The Hall–Kier alpha value is -0.830. The Morgan fingerprint density at radius 2 is 2.53 bits per heavy atom. The highest BCUT2D eigenvalue weighted by molar-refractivity contribution is 7.16. The molecule has 1 atom stereocenters. The smallest absolute Gasteiger partial charge is 0.185 e. The Labute approximate surface area is 96.8 Å². The van der Waals surface area contributed by atoms with E-state index in [2.05, 4.69) is 17.2 Å².